The van der Waals surface area contributed by atoms with Crippen molar-refractivity contribution in [2.75, 3.05) is 6.61 Å². The first-order valence-corrected chi connectivity index (χ1v) is 7.31. The summed E-state index contributed by atoms with van der Waals surface area (Å²) >= 11 is 3.67. The first kappa shape index (κ1) is 11.9. The van der Waals surface area contributed by atoms with Crippen LogP contribution in [0.25, 0.3) is 0 Å². The van der Waals surface area contributed by atoms with Crippen molar-refractivity contribution in [2.24, 2.45) is 11.8 Å². The Morgan fingerprint density at radius 1 is 1.40 bits per heavy atom. The Balaban J connectivity index is 1.86. The molecule has 0 radical (unpaired) electrons. The largest absolute Gasteiger partial charge is 0.375 e. The molecular formula is C13H23BrO. The summed E-state index contributed by atoms with van der Waals surface area (Å²) < 4.78 is 5.98. The fraction of sp³-hybridized carbons (Fsp3) is 1.00. The van der Waals surface area contributed by atoms with Gasteiger partial charge in [-0.2, -0.15) is 0 Å². The van der Waals surface area contributed by atoms with Gasteiger partial charge in [-0.1, -0.05) is 29.8 Å². The molecule has 1 aliphatic carbocycles. The number of ether oxygens (including phenoxy) is 1. The fourth-order valence-corrected chi connectivity index (χ4v) is 3.77. The van der Waals surface area contributed by atoms with Gasteiger partial charge in [0.25, 0.3) is 0 Å². The Kier molecular flexibility index (Phi) is 3.77. The molecule has 0 bridgehead atoms. The summed E-state index contributed by atoms with van der Waals surface area (Å²) in [6.07, 6.45) is 7.94. The molecule has 1 heterocycles. The van der Waals surface area contributed by atoms with E-state index in [-0.39, 0.29) is 0 Å². The molecule has 1 nitrogen and oxygen atoms in total. The monoisotopic (exact) mass is 274 g/mol. The molecule has 88 valence electrons. The Labute approximate surface area is 102 Å². The number of hydrogen-bond acceptors (Lipinski definition) is 1. The molecule has 2 aliphatic rings. The predicted octanol–water partition coefficient (Wildman–Crippen LogP) is 4.15. The van der Waals surface area contributed by atoms with Crippen LogP contribution in [-0.2, 0) is 4.74 Å². The summed E-state index contributed by atoms with van der Waals surface area (Å²) in [5, 5.41) is 0. The van der Waals surface area contributed by atoms with E-state index in [2.05, 4.69) is 29.8 Å². The zero-order valence-electron chi connectivity index (χ0n) is 9.97. The Bertz CT molecular complexity index is 211. The highest BCUT2D eigenvalue weighted by atomic mass is 79.9. The highest BCUT2D eigenvalue weighted by Crippen LogP contribution is 2.46. The minimum atomic E-state index is 0.326. The molecule has 0 aromatic carbocycles. The van der Waals surface area contributed by atoms with E-state index in [1.807, 2.05) is 0 Å². The zero-order chi connectivity index (χ0) is 10.9. The third kappa shape index (κ3) is 2.76. The van der Waals surface area contributed by atoms with E-state index in [1.54, 1.807) is 0 Å². The molecule has 3 unspecified atom stereocenters. The Morgan fingerprint density at radius 2 is 2.13 bits per heavy atom. The third-order valence-corrected chi connectivity index (χ3v) is 4.67. The van der Waals surface area contributed by atoms with Crippen molar-refractivity contribution in [1.82, 2.24) is 0 Å². The van der Waals surface area contributed by atoms with Gasteiger partial charge in [0.15, 0.2) is 0 Å². The second-order valence-electron chi connectivity index (χ2n) is 5.63. The second-order valence-corrected chi connectivity index (χ2v) is 7.19. The summed E-state index contributed by atoms with van der Waals surface area (Å²) in [4.78, 5) is 0.660. The van der Waals surface area contributed by atoms with E-state index < -0.39 is 0 Å². The summed E-state index contributed by atoms with van der Waals surface area (Å²) in [6.45, 7) is 5.68. The van der Waals surface area contributed by atoms with Gasteiger partial charge in [-0.05, 0) is 50.4 Å². The molecule has 2 fully saturated rings. The van der Waals surface area contributed by atoms with E-state index in [0.29, 0.717) is 10.4 Å². The van der Waals surface area contributed by atoms with Gasteiger partial charge in [-0.25, -0.2) is 0 Å². The topological polar surface area (TPSA) is 9.23 Å². The maximum Gasteiger partial charge on any atom is 0.0685 e. The highest BCUT2D eigenvalue weighted by Gasteiger charge is 2.43. The molecule has 0 aromatic heterocycles. The van der Waals surface area contributed by atoms with Crippen LogP contribution >= 0.6 is 15.9 Å². The van der Waals surface area contributed by atoms with Crippen LogP contribution in [0, 0.1) is 11.8 Å². The smallest absolute Gasteiger partial charge is 0.0685 e. The van der Waals surface area contributed by atoms with Gasteiger partial charge in [-0.15, -0.1) is 0 Å². The van der Waals surface area contributed by atoms with Gasteiger partial charge < -0.3 is 4.74 Å². The van der Waals surface area contributed by atoms with Crippen molar-refractivity contribution in [1.29, 1.82) is 0 Å². The third-order valence-electron chi connectivity index (χ3n) is 4.30. The van der Waals surface area contributed by atoms with Crippen LogP contribution in [0.3, 0.4) is 0 Å². The number of alkyl halides is 1. The van der Waals surface area contributed by atoms with Crippen molar-refractivity contribution in [3.63, 3.8) is 0 Å². The molecule has 2 heteroatoms. The molecule has 1 saturated carbocycles. The first-order valence-electron chi connectivity index (χ1n) is 6.39. The lowest BCUT2D eigenvalue weighted by molar-refractivity contribution is -0.149. The lowest BCUT2D eigenvalue weighted by Gasteiger charge is -2.48. The minimum Gasteiger partial charge on any atom is -0.375 e. The van der Waals surface area contributed by atoms with Crippen molar-refractivity contribution in [2.45, 2.75) is 62.8 Å². The second kappa shape index (κ2) is 4.75. The van der Waals surface area contributed by atoms with Crippen LogP contribution < -0.4 is 0 Å². The first-order chi connectivity index (χ1) is 7.11. The zero-order valence-corrected chi connectivity index (χ0v) is 11.6. The van der Waals surface area contributed by atoms with E-state index in [9.17, 15) is 0 Å². The molecular weight excluding hydrogens is 252 g/mol. The fourth-order valence-electron chi connectivity index (χ4n) is 3.18. The molecule has 15 heavy (non-hydrogen) atoms. The van der Waals surface area contributed by atoms with E-state index in [4.69, 9.17) is 4.74 Å². The molecule has 1 saturated heterocycles. The van der Waals surface area contributed by atoms with Crippen molar-refractivity contribution in [3.05, 3.63) is 0 Å². The van der Waals surface area contributed by atoms with Crippen LogP contribution in [0.5, 0.6) is 0 Å². The average molecular weight is 275 g/mol. The SMILES string of the molecule is CC(Br)CC(C)C1CCOC2(CCC2)C1. The van der Waals surface area contributed by atoms with Crippen LogP contribution in [0.1, 0.15) is 52.4 Å². The molecule has 0 N–H and O–H groups in total. The molecule has 2 rings (SSSR count). The highest BCUT2D eigenvalue weighted by molar-refractivity contribution is 9.09. The molecule has 3 atom stereocenters. The van der Waals surface area contributed by atoms with Gasteiger partial charge in [0.05, 0.1) is 5.60 Å². The van der Waals surface area contributed by atoms with Gasteiger partial charge in [-0.3, -0.25) is 0 Å². The maximum atomic E-state index is 5.98. The summed E-state index contributed by atoms with van der Waals surface area (Å²) in [5.74, 6) is 1.75. The summed E-state index contributed by atoms with van der Waals surface area (Å²) in [5.41, 5.74) is 0.326. The normalized spacial score (nSPS) is 33.4. The Hall–Kier alpha value is 0.440. The van der Waals surface area contributed by atoms with E-state index in [0.717, 1.165) is 18.4 Å². The Morgan fingerprint density at radius 3 is 2.67 bits per heavy atom. The van der Waals surface area contributed by atoms with Crippen molar-refractivity contribution < 1.29 is 4.74 Å². The van der Waals surface area contributed by atoms with Gasteiger partial charge in [0.1, 0.15) is 0 Å². The number of hydrogen-bond donors (Lipinski definition) is 0. The lowest BCUT2D eigenvalue weighted by atomic mass is 9.69. The van der Waals surface area contributed by atoms with Gasteiger partial charge in [0, 0.05) is 11.4 Å². The van der Waals surface area contributed by atoms with Crippen molar-refractivity contribution in [3.8, 4) is 0 Å². The van der Waals surface area contributed by atoms with Gasteiger partial charge >= 0.3 is 0 Å². The summed E-state index contributed by atoms with van der Waals surface area (Å²) in [6, 6.07) is 0. The number of halogens is 1. The van der Waals surface area contributed by atoms with Gasteiger partial charge in [0.2, 0.25) is 0 Å². The minimum absolute atomic E-state index is 0.326. The quantitative estimate of drug-likeness (QED) is 0.703. The van der Waals surface area contributed by atoms with Crippen molar-refractivity contribution >= 4 is 15.9 Å². The molecule has 1 aliphatic heterocycles. The summed E-state index contributed by atoms with van der Waals surface area (Å²) in [7, 11) is 0. The predicted molar refractivity (Wildman–Crippen MR) is 67.4 cm³/mol. The van der Waals surface area contributed by atoms with E-state index >= 15 is 0 Å². The average Bonchev–Trinajstić information content (AvgIpc) is 2.14. The van der Waals surface area contributed by atoms with Crippen LogP contribution in [-0.4, -0.2) is 17.0 Å². The standard InChI is InChI=1S/C13H23BrO/c1-10(8-11(2)14)12-4-7-15-13(9-12)5-3-6-13/h10-12H,3-9H2,1-2H3. The molecule has 0 amide bonds. The molecule has 0 aromatic rings. The van der Waals surface area contributed by atoms with Crippen LogP contribution in [0.2, 0.25) is 0 Å². The van der Waals surface area contributed by atoms with Crippen LogP contribution in [0.4, 0.5) is 0 Å². The maximum absolute atomic E-state index is 5.98. The number of rotatable bonds is 3. The van der Waals surface area contributed by atoms with E-state index in [1.165, 1.54) is 38.5 Å². The lowest BCUT2D eigenvalue weighted by Crippen LogP contribution is -2.46. The van der Waals surface area contributed by atoms with Crippen LogP contribution in [0.15, 0.2) is 0 Å². The molecule has 1 spiro atoms.